The van der Waals surface area contributed by atoms with Gasteiger partial charge < -0.3 is 14.5 Å². The number of nitrogens with zero attached hydrogens (tertiary/aromatic N) is 4. The molecule has 2 aromatic heterocycles. The molecular weight excluding hydrogens is 354 g/mol. The molecule has 1 N–H and O–H groups in total. The van der Waals surface area contributed by atoms with Crippen LogP contribution in [-0.2, 0) is 13.0 Å². The van der Waals surface area contributed by atoms with E-state index >= 15 is 0 Å². The minimum absolute atomic E-state index is 0.113. The summed E-state index contributed by atoms with van der Waals surface area (Å²) in [5.41, 5.74) is 0.719. The number of hydrogen-bond donors (Lipinski definition) is 1. The van der Waals surface area contributed by atoms with Crippen molar-refractivity contribution >= 4 is 16.8 Å². The minimum atomic E-state index is -0.222. The number of benzene rings is 1. The molecule has 0 spiro atoms. The summed E-state index contributed by atoms with van der Waals surface area (Å²) < 4.78 is 2.20. The minimum Gasteiger partial charge on any atom is -0.360 e. The molecule has 0 radical (unpaired) electrons. The summed E-state index contributed by atoms with van der Waals surface area (Å²) in [6, 6.07) is 7.17. The zero-order chi connectivity index (χ0) is 19.1. The number of carbonyl (C=O) groups is 1. The lowest BCUT2D eigenvalue weighted by Gasteiger charge is -2.24. The fraction of sp³-hybridized carbons (Fsp3) is 0.429. The van der Waals surface area contributed by atoms with E-state index in [9.17, 15) is 9.59 Å². The predicted molar refractivity (Wildman–Crippen MR) is 105 cm³/mol. The van der Waals surface area contributed by atoms with Gasteiger partial charge in [0.25, 0.3) is 5.91 Å². The lowest BCUT2D eigenvalue weighted by molar-refractivity contribution is 0.0725. The highest BCUT2D eigenvalue weighted by Gasteiger charge is 2.35. The van der Waals surface area contributed by atoms with Crippen LogP contribution in [0.1, 0.15) is 60.2 Å². The number of aromatic nitrogens is 4. The number of aryl methyl sites for hydroxylation is 1. The van der Waals surface area contributed by atoms with Crippen LogP contribution in [0.25, 0.3) is 10.9 Å². The zero-order valence-electron chi connectivity index (χ0n) is 15.7. The molecule has 144 valence electrons. The summed E-state index contributed by atoms with van der Waals surface area (Å²) in [4.78, 5) is 31.1. The smallest absolute Gasteiger partial charge is 0.259 e. The van der Waals surface area contributed by atoms with Crippen molar-refractivity contribution in [2.75, 3.05) is 6.54 Å². The van der Waals surface area contributed by atoms with Gasteiger partial charge in [-0.2, -0.15) is 0 Å². The predicted octanol–water partition coefficient (Wildman–Crippen LogP) is 2.82. The second kappa shape index (κ2) is 6.89. The molecule has 2 aliphatic heterocycles. The Balaban J connectivity index is 1.51. The number of carbonyl (C=O) groups excluding carboxylic acids is 1. The molecule has 3 aromatic rings. The molecule has 0 saturated carbocycles. The van der Waals surface area contributed by atoms with Crippen molar-refractivity contribution in [3.63, 3.8) is 0 Å². The molecule has 2 aliphatic rings. The maximum atomic E-state index is 13.3. The molecule has 0 aliphatic carbocycles. The molecular formula is C21H23N5O2. The van der Waals surface area contributed by atoms with Crippen molar-refractivity contribution in [2.24, 2.45) is 0 Å². The summed E-state index contributed by atoms with van der Waals surface area (Å²) >= 11 is 0. The summed E-state index contributed by atoms with van der Waals surface area (Å²) in [6.07, 6.45) is 7.70. The highest BCUT2D eigenvalue weighted by molar-refractivity contribution is 5.97. The van der Waals surface area contributed by atoms with Crippen LogP contribution in [0.15, 0.2) is 35.3 Å². The number of fused-ring (bicyclic) bond motifs is 2. The average molecular weight is 377 g/mol. The maximum Gasteiger partial charge on any atom is 0.259 e. The standard InChI is InChI=1S/C21H23N5O2/c27-19-14-7-3-4-8-16(14)22-13-15(19)21(28)25-12-6-9-17(25)20-24-23-18-10-2-1-5-11-26(18)20/h3-4,7-8,13,17H,1-2,5-6,9-12H2,(H,22,27). The van der Waals surface area contributed by atoms with Gasteiger partial charge in [0.1, 0.15) is 11.4 Å². The largest absolute Gasteiger partial charge is 0.360 e. The molecule has 28 heavy (non-hydrogen) atoms. The van der Waals surface area contributed by atoms with E-state index < -0.39 is 0 Å². The van der Waals surface area contributed by atoms with E-state index in [4.69, 9.17) is 0 Å². The number of likely N-dealkylation sites (tertiary alicyclic amines) is 1. The van der Waals surface area contributed by atoms with Crippen LogP contribution >= 0.6 is 0 Å². The third-order valence-electron chi connectivity index (χ3n) is 5.97. The van der Waals surface area contributed by atoms with E-state index in [0.717, 1.165) is 55.8 Å². The second-order valence-electron chi connectivity index (χ2n) is 7.67. The molecule has 0 bridgehead atoms. The van der Waals surface area contributed by atoms with E-state index in [-0.39, 0.29) is 22.9 Å². The molecule has 1 atom stereocenters. The normalized spacial score (nSPS) is 19.6. The highest BCUT2D eigenvalue weighted by atomic mass is 16.2. The number of pyridine rings is 1. The van der Waals surface area contributed by atoms with Gasteiger partial charge in [-0.25, -0.2) is 0 Å². The number of rotatable bonds is 2. The maximum absolute atomic E-state index is 13.3. The molecule has 7 heteroatoms. The SMILES string of the molecule is O=C(c1c[nH]c2ccccc2c1=O)N1CCCC1c1nnc2n1CCCCC2. The quantitative estimate of drug-likeness (QED) is 0.744. The van der Waals surface area contributed by atoms with E-state index in [1.165, 1.54) is 6.42 Å². The first-order chi connectivity index (χ1) is 13.7. The lowest BCUT2D eigenvalue weighted by Crippen LogP contribution is -2.35. The van der Waals surface area contributed by atoms with Gasteiger partial charge in [-0.1, -0.05) is 18.6 Å². The third-order valence-corrected chi connectivity index (χ3v) is 5.97. The van der Waals surface area contributed by atoms with Gasteiger partial charge in [0.15, 0.2) is 5.82 Å². The first kappa shape index (κ1) is 17.2. The number of nitrogens with one attached hydrogen (secondary N) is 1. The Morgan fingerprint density at radius 3 is 2.89 bits per heavy atom. The van der Waals surface area contributed by atoms with Crippen LogP contribution in [0.4, 0.5) is 0 Å². The van der Waals surface area contributed by atoms with E-state index in [0.29, 0.717) is 11.9 Å². The molecule has 1 aromatic carbocycles. The van der Waals surface area contributed by atoms with Crippen LogP contribution in [0.3, 0.4) is 0 Å². The summed E-state index contributed by atoms with van der Waals surface area (Å²) in [7, 11) is 0. The third kappa shape index (κ3) is 2.73. The Bertz CT molecular complexity index is 1100. The van der Waals surface area contributed by atoms with Gasteiger partial charge in [0, 0.05) is 36.6 Å². The van der Waals surface area contributed by atoms with Gasteiger partial charge in [0.05, 0.1) is 6.04 Å². The van der Waals surface area contributed by atoms with Crippen molar-refractivity contribution < 1.29 is 4.79 Å². The number of para-hydroxylation sites is 1. The van der Waals surface area contributed by atoms with E-state index in [2.05, 4.69) is 19.7 Å². The van der Waals surface area contributed by atoms with Crippen LogP contribution in [0.5, 0.6) is 0 Å². The second-order valence-corrected chi connectivity index (χ2v) is 7.67. The van der Waals surface area contributed by atoms with Gasteiger partial charge in [-0.05, 0) is 37.8 Å². The van der Waals surface area contributed by atoms with Gasteiger partial charge >= 0.3 is 0 Å². The molecule has 1 amide bonds. The topological polar surface area (TPSA) is 83.9 Å². The van der Waals surface area contributed by atoms with Crippen molar-refractivity contribution in [1.82, 2.24) is 24.6 Å². The lowest BCUT2D eigenvalue weighted by atomic mass is 10.1. The number of hydrogen-bond acceptors (Lipinski definition) is 4. The van der Waals surface area contributed by atoms with Crippen LogP contribution in [0.2, 0.25) is 0 Å². The fourth-order valence-corrected chi connectivity index (χ4v) is 4.51. The van der Waals surface area contributed by atoms with Crippen molar-refractivity contribution in [1.29, 1.82) is 0 Å². The van der Waals surface area contributed by atoms with Crippen LogP contribution in [-0.4, -0.2) is 37.1 Å². The van der Waals surface area contributed by atoms with Gasteiger partial charge in [-0.15, -0.1) is 10.2 Å². The monoisotopic (exact) mass is 377 g/mol. The fourth-order valence-electron chi connectivity index (χ4n) is 4.51. The molecule has 5 rings (SSSR count). The molecule has 1 saturated heterocycles. The van der Waals surface area contributed by atoms with Crippen LogP contribution in [0, 0.1) is 0 Å². The first-order valence-electron chi connectivity index (χ1n) is 10.1. The summed E-state index contributed by atoms with van der Waals surface area (Å²) in [5.74, 6) is 1.68. The zero-order valence-corrected chi connectivity index (χ0v) is 15.7. The number of H-pyrrole nitrogens is 1. The Kier molecular flexibility index (Phi) is 4.22. The molecule has 1 fully saturated rings. The molecule has 4 heterocycles. The summed E-state index contributed by atoms with van der Waals surface area (Å²) in [5, 5.41) is 9.39. The highest BCUT2D eigenvalue weighted by Crippen LogP contribution is 2.33. The Morgan fingerprint density at radius 1 is 1.07 bits per heavy atom. The average Bonchev–Trinajstić information content (AvgIpc) is 3.29. The van der Waals surface area contributed by atoms with Gasteiger partial charge in [-0.3, -0.25) is 9.59 Å². The van der Waals surface area contributed by atoms with Gasteiger partial charge in [0.2, 0.25) is 5.43 Å². The number of aromatic amines is 1. The Hall–Kier alpha value is -2.96. The summed E-state index contributed by atoms with van der Waals surface area (Å²) in [6.45, 7) is 1.55. The van der Waals surface area contributed by atoms with E-state index in [1.807, 2.05) is 23.1 Å². The van der Waals surface area contributed by atoms with E-state index in [1.54, 1.807) is 12.3 Å². The van der Waals surface area contributed by atoms with Crippen molar-refractivity contribution in [3.8, 4) is 0 Å². The molecule has 1 unspecified atom stereocenters. The first-order valence-corrected chi connectivity index (χ1v) is 10.1. The van der Waals surface area contributed by atoms with Crippen molar-refractivity contribution in [2.45, 2.75) is 51.1 Å². The Morgan fingerprint density at radius 2 is 1.96 bits per heavy atom. The Labute approximate surface area is 162 Å². The van der Waals surface area contributed by atoms with Crippen molar-refractivity contribution in [3.05, 3.63) is 57.9 Å². The molecule has 7 nitrogen and oxygen atoms in total. The van der Waals surface area contributed by atoms with Crippen LogP contribution < -0.4 is 5.43 Å². The number of amides is 1.